The van der Waals surface area contributed by atoms with Crippen molar-refractivity contribution < 1.29 is 14.2 Å². The number of nitrogens with zero attached hydrogens (tertiary/aromatic N) is 4. The number of amides is 2. The number of carbonyl (C=O) groups is 2. The second kappa shape index (κ2) is 11.9. The average molecular weight is 510 g/mol. The van der Waals surface area contributed by atoms with Crippen LogP contribution in [-0.2, 0) is 16.6 Å². The van der Waals surface area contributed by atoms with Gasteiger partial charge in [-0.3, -0.25) is 19.3 Å². The molecule has 0 aliphatic carbocycles. The SMILES string of the molecule is CC/C(=C(/C)C(=O)Nc1cc(NC(=O)CCl)cnc1C)[N+]1=C(C)C=C(c2cnn(C)c2)C=CC1CC. The van der Waals surface area contributed by atoms with E-state index in [2.05, 4.69) is 64.3 Å². The maximum absolute atomic E-state index is 13.4. The summed E-state index contributed by atoms with van der Waals surface area (Å²) in [6.45, 7) is 9.92. The van der Waals surface area contributed by atoms with Crippen LogP contribution in [0.25, 0.3) is 5.57 Å². The summed E-state index contributed by atoms with van der Waals surface area (Å²) in [5, 5.41) is 9.94. The Morgan fingerprint density at radius 1 is 1.19 bits per heavy atom. The Labute approximate surface area is 217 Å². The molecule has 1 aliphatic rings. The van der Waals surface area contributed by atoms with Crippen LogP contribution in [0.1, 0.15) is 51.8 Å². The van der Waals surface area contributed by atoms with Crippen molar-refractivity contribution in [2.24, 2.45) is 7.05 Å². The highest BCUT2D eigenvalue weighted by atomic mass is 35.5. The van der Waals surface area contributed by atoms with Crippen LogP contribution in [0.4, 0.5) is 11.4 Å². The van der Waals surface area contributed by atoms with E-state index < -0.39 is 0 Å². The summed E-state index contributed by atoms with van der Waals surface area (Å²) in [6.07, 6.45) is 13.4. The molecule has 8 nitrogen and oxygen atoms in total. The van der Waals surface area contributed by atoms with Crippen molar-refractivity contribution >= 4 is 46.1 Å². The number of allylic oxidation sites excluding steroid dienone is 4. The number of carbonyl (C=O) groups excluding carboxylic acids is 2. The molecule has 2 aromatic rings. The highest BCUT2D eigenvalue weighted by Crippen LogP contribution is 2.25. The predicted molar refractivity (Wildman–Crippen MR) is 145 cm³/mol. The van der Waals surface area contributed by atoms with Gasteiger partial charge in [-0.05, 0) is 31.6 Å². The van der Waals surface area contributed by atoms with Gasteiger partial charge in [0.15, 0.2) is 17.5 Å². The molecule has 0 saturated heterocycles. The number of halogens is 1. The maximum Gasteiger partial charge on any atom is 0.257 e. The molecule has 1 atom stereocenters. The van der Waals surface area contributed by atoms with E-state index in [1.807, 2.05) is 26.4 Å². The van der Waals surface area contributed by atoms with Crippen molar-refractivity contribution in [3.8, 4) is 0 Å². The molecular formula is C27H34ClN6O2+. The molecule has 0 radical (unpaired) electrons. The average Bonchev–Trinajstić information content (AvgIpc) is 3.22. The Morgan fingerprint density at radius 3 is 2.56 bits per heavy atom. The molecule has 0 saturated carbocycles. The summed E-state index contributed by atoms with van der Waals surface area (Å²) in [5.74, 6) is -0.717. The van der Waals surface area contributed by atoms with Gasteiger partial charge in [-0.15, -0.1) is 11.6 Å². The number of hydrogen-bond acceptors (Lipinski definition) is 4. The smallest absolute Gasteiger partial charge is 0.257 e. The molecule has 0 fully saturated rings. The lowest BCUT2D eigenvalue weighted by atomic mass is 10.1. The number of hydrogen-bond donors (Lipinski definition) is 2. The number of aryl methyl sites for hydroxylation is 2. The van der Waals surface area contributed by atoms with Crippen LogP contribution in [-0.4, -0.2) is 48.8 Å². The molecule has 2 amide bonds. The zero-order chi connectivity index (χ0) is 26.4. The van der Waals surface area contributed by atoms with E-state index in [4.69, 9.17) is 11.6 Å². The molecule has 0 bridgehead atoms. The van der Waals surface area contributed by atoms with Gasteiger partial charge >= 0.3 is 0 Å². The van der Waals surface area contributed by atoms with E-state index in [0.717, 1.165) is 29.0 Å². The lowest BCUT2D eigenvalue weighted by Gasteiger charge is -2.16. The zero-order valence-corrected chi connectivity index (χ0v) is 22.5. The Morgan fingerprint density at radius 2 is 1.94 bits per heavy atom. The molecule has 3 heterocycles. The van der Waals surface area contributed by atoms with Gasteiger partial charge < -0.3 is 10.6 Å². The van der Waals surface area contributed by atoms with Crippen LogP contribution < -0.4 is 10.6 Å². The standard InChI is InChI=1S/C27H33ClN6O2/c1-7-23-10-9-20(21-14-30-33(6)16-21)11-17(3)34(23)25(8-2)18(4)27(36)32-24-12-22(15-29-19(24)5)31-26(35)13-28/h9-12,14-16,23H,7-8,13H2,1-6H3,(H-,31,32,35,36)/p+1/b25-18+. The first-order chi connectivity index (χ1) is 17.2. The van der Waals surface area contributed by atoms with E-state index in [1.54, 1.807) is 17.7 Å². The van der Waals surface area contributed by atoms with Crippen molar-refractivity contribution in [3.05, 3.63) is 65.4 Å². The number of alkyl halides is 1. The van der Waals surface area contributed by atoms with E-state index in [1.165, 1.54) is 6.20 Å². The Kier molecular flexibility index (Phi) is 8.98. The minimum atomic E-state index is -0.339. The molecule has 36 heavy (non-hydrogen) atoms. The van der Waals surface area contributed by atoms with Gasteiger partial charge in [0.25, 0.3) is 5.91 Å². The fraction of sp³-hybridized carbons (Fsp3) is 0.370. The highest BCUT2D eigenvalue weighted by Gasteiger charge is 2.29. The molecule has 2 N–H and O–H groups in total. The first-order valence-corrected chi connectivity index (χ1v) is 12.6. The molecule has 190 valence electrons. The number of nitrogens with one attached hydrogen (secondary N) is 2. The van der Waals surface area contributed by atoms with Crippen LogP contribution in [0.2, 0.25) is 0 Å². The predicted octanol–water partition coefficient (Wildman–Crippen LogP) is 4.83. The fourth-order valence-corrected chi connectivity index (χ4v) is 4.34. The van der Waals surface area contributed by atoms with Gasteiger partial charge in [0.2, 0.25) is 5.91 Å². The largest absolute Gasteiger partial charge is 0.324 e. The quantitative estimate of drug-likeness (QED) is 0.303. The van der Waals surface area contributed by atoms with Gasteiger partial charge in [0.1, 0.15) is 5.88 Å². The van der Waals surface area contributed by atoms with Gasteiger partial charge in [0.05, 0.1) is 35.0 Å². The molecule has 9 heteroatoms. The summed E-state index contributed by atoms with van der Waals surface area (Å²) in [5.41, 5.74) is 6.40. The van der Waals surface area contributed by atoms with Crippen LogP contribution in [0, 0.1) is 6.92 Å². The summed E-state index contributed by atoms with van der Waals surface area (Å²) >= 11 is 5.59. The first kappa shape index (κ1) is 27.1. The Bertz CT molecular complexity index is 1280. The van der Waals surface area contributed by atoms with Gasteiger partial charge in [-0.1, -0.05) is 19.9 Å². The van der Waals surface area contributed by atoms with E-state index in [0.29, 0.717) is 29.1 Å². The molecule has 0 spiro atoms. The minimum Gasteiger partial charge on any atom is -0.324 e. The van der Waals surface area contributed by atoms with Crippen LogP contribution >= 0.6 is 11.6 Å². The van der Waals surface area contributed by atoms with Gasteiger partial charge in [0, 0.05) is 44.6 Å². The van der Waals surface area contributed by atoms with E-state index in [9.17, 15) is 9.59 Å². The summed E-state index contributed by atoms with van der Waals surface area (Å²) in [7, 11) is 1.90. The lowest BCUT2D eigenvalue weighted by Crippen LogP contribution is -2.30. The van der Waals surface area contributed by atoms with E-state index >= 15 is 0 Å². The van der Waals surface area contributed by atoms with Gasteiger partial charge in [-0.2, -0.15) is 9.67 Å². The van der Waals surface area contributed by atoms with Crippen molar-refractivity contribution in [1.29, 1.82) is 0 Å². The third kappa shape index (κ3) is 6.18. The molecule has 1 aliphatic heterocycles. The molecule has 2 aromatic heterocycles. The van der Waals surface area contributed by atoms with Crippen LogP contribution in [0.5, 0.6) is 0 Å². The number of aromatic nitrogens is 3. The van der Waals surface area contributed by atoms with Crippen molar-refractivity contribution in [2.45, 2.75) is 53.5 Å². The van der Waals surface area contributed by atoms with E-state index in [-0.39, 0.29) is 23.7 Å². The fourth-order valence-electron chi connectivity index (χ4n) is 4.27. The van der Waals surface area contributed by atoms with Crippen molar-refractivity contribution in [2.75, 3.05) is 16.5 Å². The second-order valence-corrected chi connectivity index (χ2v) is 9.03. The highest BCUT2D eigenvalue weighted by molar-refractivity contribution is 6.29. The molecule has 0 aromatic carbocycles. The zero-order valence-electron chi connectivity index (χ0n) is 21.7. The lowest BCUT2D eigenvalue weighted by molar-refractivity contribution is -0.509. The minimum absolute atomic E-state index is 0.102. The van der Waals surface area contributed by atoms with Crippen molar-refractivity contribution in [1.82, 2.24) is 14.8 Å². The summed E-state index contributed by atoms with van der Waals surface area (Å²) in [6, 6.07) is 1.79. The van der Waals surface area contributed by atoms with Gasteiger partial charge in [-0.25, -0.2) is 0 Å². The Hall–Kier alpha value is -3.52. The van der Waals surface area contributed by atoms with Crippen LogP contribution in [0.15, 0.2) is 54.2 Å². The maximum atomic E-state index is 13.4. The first-order valence-electron chi connectivity index (χ1n) is 12.0. The topological polar surface area (TPSA) is 91.9 Å². The van der Waals surface area contributed by atoms with Crippen molar-refractivity contribution in [3.63, 3.8) is 0 Å². The summed E-state index contributed by atoms with van der Waals surface area (Å²) < 4.78 is 4.04. The number of anilines is 2. The molecule has 3 rings (SSSR count). The second-order valence-electron chi connectivity index (χ2n) is 8.77. The third-order valence-corrected chi connectivity index (χ3v) is 6.41. The number of rotatable bonds is 8. The number of pyridine rings is 1. The normalized spacial score (nSPS) is 16.3. The monoisotopic (exact) mass is 509 g/mol. The third-order valence-electron chi connectivity index (χ3n) is 6.17. The molecule has 1 unspecified atom stereocenters. The summed E-state index contributed by atoms with van der Waals surface area (Å²) in [4.78, 5) is 29.3. The molecular weight excluding hydrogens is 476 g/mol. The Balaban J connectivity index is 1.99. The van der Waals surface area contributed by atoms with Crippen LogP contribution in [0.3, 0.4) is 0 Å².